The summed E-state index contributed by atoms with van der Waals surface area (Å²) in [4.78, 5) is 4.14. The van der Waals surface area contributed by atoms with Gasteiger partial charge in [-0.05, 0) is 18.4 Å². The van der Waals surface area contributed by atoms with E-state index in [-0.39, 0.29) is 11.5 Å². The topological polar surface area (TPSA) is 74.7 Å². The fourth-order valence-electron chi connectivity index (χ4n) is 1.09. The van der Waals surface area contributed by atoms with Crippen LogP contribution in [0.1, 0.15) is 33.3 Å². The van der Waals surface area contributed by atoms with Crippen LogP contribution in [-0.2, 0) is 0 Å². The molecule has 86 valence electrons. The van der Waals surface area contributed by atoms with E-state index >= 15 is 0 Å². The summed E-state index contributed by atoms with van der Waals surface area (Å²) in [5.74, 6) is 0.640. The first kappa shape index (κ1) is 12.3. The lowest BCUT2D eigenvalue weighted by atomic mass is 9.88. The Labute approximate surface area is 96.5 Å². The van der Waals surface area contributed by atoms with Crippen molar-refractivity contribution in [1.82, 2.24) is 4.98 Å². The van der Waals surface area contributed by atoms with E-state index in [1.165, 1.54) is 6.20 Å². The molecule has 1 rings (SSSR count). The molecular formula is C12H18N4. The highest BCUT2D eigenvalue weighted by molar-refractivity contribution is 5.63. The summed E-state index contributed by atoms with van der Waals surface area (Å²) in [6, 6.07) is 3.88. The van der Waals surface area contributed by atoms with Gasteiger partial charge in [0.2, 0.25) is 0 Å². The maximum atomic E-state index is 8.70. The van der Waals surface area contributed by atoms with Crippen molar-refractivity contribution >= 4 is 11.5 Å². The summed E-state index contributed by atoms with van der Waals surface area (Å²) in [5.41, 5.74) is 6.93. The van der Waals surface area contributed by atoms with Gasteiger partial charge in [0, 0.05) is 12.2 Å². The first-order valence-corrected chi connectivity index (χ1v) is 5.26. The highest BCUT2D eigenvalue weighted by Gasteiger charge is 2.20. The second-order valence-electron chi connectivity index (χ2n) is 5.01. The number of nitrogens with one attached hydrogen (secondary N) is 1. The molecule has 1 atom stereocenters. The number of rotatable bonds is 2. The van der Waals surface area contributed by atoms with Crippen LogP contribution in [0.4, 0.5) is 11.5 Å². The van der Waals surface area contributed by atoms with Gasteiger partial charge in [-0.3, -0.25) is 0 Å². The standard InChI is InChI=1S/C12H18N4/c1-8(12(2,3)4)16-11-10(14)5-9(6-13)7-15-11/h5,7-8H,14H2,1-4H3,(H,15,16). The third-order valence-corrected chi connectivity index (χ3v) is 2.70. The monoisotopic (exact) mass is 218 g/mol. The van der Waals surface area contributed by atoms with Crippen molar-refractivity contribution in [2.24, 2.45) is 5.41 Å². The van der Waals surface area contributed by atoms with Crippen molar-refractivity contribution in [3.63, 3.8) is 0 Å². The molecule has 1 aromatic heterocycles. The second kappa shape index (κ2) is 4.40. The number of pyridine rings is 1. The summed E-state index contributed by atoms with van der Waals surface area (Å²) in [6.45, 7) is 8.51. The highest BCUT2D eigenvalue weighted by Crippen LogP contribution is 2.24. The molecule has 0 saturated carbocycles. The zero-order valence-corrected chi connectivity index (χ0v) is 10.2. The van der Waals surface area contributed by atoms with Crippen molar-refractivity contribution in [1.29, 1.82) is 5.26 Å². The molecule has 3 N–H and O–H groups in total. The van der Waals surface area contributed by atoms with Crippen molar-refractivity contribution in [3.05, 3.63) is 17.8 Å². The van der Waals surface area contributed by atoms with Crippen molar-refractivity contribution in [3.8, 4) is 6.07 Å². The number of hydrogen-bond acceptors (Lipinski definition) is 4. The molecule has 0 radical (unpaired) electrons. The van der Waals surface area contributed by atoms with Crippen LogP contribution in [0, 0.1) is 16.7 Å². The molecule has 1 unspecified atom stereocenters. The van der Waals surface area contributed by atoms with Crippen LogP contribution in [0.15, 0.2) is 12.3 Å². The van der Waals surface area contributed by atoms with Gasteiger partial charge in [-0.15, -0.1) is 0 Å². The number of anilines is 2. The van der Waals surface area contributed by atoms with Crippen molar-refractivity contribution < 1.29 is 0 Å². The van der Waals surface area contributed by atoms with E-state index in [0.29, 0.717) is 17.1 Å². The summed E-state index contributed by atoms with van der Waals surface area (Å²) in [6.07, 6.45) is 1.52. The van der Waals surface area contributed by atoms with Gasteiger partial charge in [0.1, 0.15) is 11.9 Å². The fraction of sp³-hybridized carbons (Fsp3) is 0.500. The van der Waals surface area contributed by atoms with Gasteiger partial charge in [0.15, 0.2) is 0 Å². The molecule has 0 aliphatic carbocycles. The minimum atomic E-state index is 0.127. The highest BCUT2D eigenvalue weighted by atomic mass is 15.0. The Morgan fingerprint density at radius 1 is 1.50 bits per heavy atom. The van der Waals surface area contributed by atoms with E-state index in [9.17, 15) is 0 Å². The molecule has 1 heterocycles. The average Bonchev–Trinajstić information content (AvgIpc) is 2.19. The van der Waals surface area contributed by atoms with Gasteiger partial charge in [-0.2, -0.15) is 5.26 Å². The molecule has 0 saturated heterocycles. The Balaban J connectivity index is 2.88. The molecule has 0 fully saturated rings. The number of nitrogens with two attached hydrogens (primary N) is 1. The smallest absolute Gasteiger partial charge is 0.149 e. The minimum absolute atomic E-state index is 0.127. The van der Waals surface area contributed by atoms with Gasteiger partial charge in [-0.25, -0.2) is 4.98 Å². The fourth-order valence-corrected chi connectivity index (χ4v) is 1.09. The average molecular weight is 218 g/mol. The van der Waals surface area contributed by atoms with Gasteiger partial charge in [-0.1, -0.05) is 20.8 Å². The van der Waals surface area contributed by atoms with Crippen molar-refractivity contribution in [2.45, 2.75) is 33.7 Å². The van der Waals surface area contributed by atoms with Crippen LogP contribution < -0.4 is 11.1 Å². The van der Waals surface area contributed by atoms with Gasteiger partial charge in [0.25, 0.3) is 0 Å². The molecule has 4 heteroatoms. The lowest BCUT2D eigenvalue weighted by molar-refractivity contribution is 0.359. The van der Waals surface area contributed by atoms with Crippen LogP contribution in [0.25, 0.3) is 0 Å². The Kier molecular flexibility index (Phi) is 3.38. The van der Waals surface area contributed by atoms with Crippen LogP contribution >= 0.6 is 0 Å². The van der Waals surface area contributed by atoms with E-state index in [1.54, 1.807) is 6.07 Å². The third-order valence-electron chi connectivity index (χ3n) is 2.70. The minimum Gasteiger partial charge on any atom is -0.396 e. The van der Waals surface area contributed by atoms with Gasteiger partial charge < -0.3 is 11.1 Å². The molecule has 0 amide bonds. The SMILES string of the molecule is CC(Nc1ncc(C#N)cc1N)C(C)(C)C. The second-order valence-corrected chi connectivity index (χ2v) is 5.01. The predicted octanol–water partition coefficient (Wildman–Crippen LogP) is 2.38. The normalized spacial score (nSPS) is 12.9. The van der Waals surface area contributed by atoms with E-state index in [4.69, 9.17) is 11.0 Å². The Hall–Kier alpha value is -1.76. The maximum absolute atomic E-state index is 8.70. The van der Waals surface area contributed by atoms with Gasteiger partial charge in [0.05, 0.1) is 11.3 Å². The van der Waals surface area contributed by atoms with Crippen LogP contribution in [0.5, 0.6) is 0 Å². The Morgan fingerprint density at radius 2 is 2.12 bits per heavy atom. The molecule has 0 spiro atoms. The Morgan fingerprint density at radius 3 is 2.56 bits per heavy atom. The molecule has 0 bridgehead atoms. The summed E-state index contributed by atoms with van der Waals surface area (Å²) in [7, 11) is 0. The zero-order valence-electron chi connectivity index (χ0n) is 10.2. The third kappa shape index (κ3) is 2.86. The molecule has 1 aromatic rings. The summed E-state index contributed by atoms with van der Waals surface area (Å²) >= 11 is 0. The summed E-state index contributed by atoms with van der Waals surface area (Å²) in [5, 5.41) is 12.0. The quantitative estimate of drug-likeness (QED) is 0.799. The van der Waals surface area contributed by atoms with Gasteiger partial charge >= 0.3 is 0 Å². The number of aromatic nitrogens is 1. The lowest BCUT2D eigenvalue weighted by Crippen LogP contribution is -2.31. The van der Waals surface area contributed by atoms with E-state index in [2.05, 4.69) is 38.0 Å². The first-order valence-electron chi connectivity index (χ1n) is 5.26. The molecule has 0 aromatic carbocycles. The van der Waals surface area contributed by atoms with Crippen LogP contribution in [-0.4, -0.2) is 11.0 Å². The van der Waals surface area contributed by atoms with E-state index in [0.717, 1.165) is 0 Å². The maximum Gasteiger partial charge on any atom is 0.149 e. The summed E-state index contributed by atoms with van der Waals surface area (Å²) < 4.78 is 0. The van der Waals surface area contributed by atoms with Crippen LogP contribution in [0.3, 0.4) is 0 Å². The van der Waals surface area contributed by atoms with E-state index in [1.807, 2.05) is 6.07 Å². The number of nitrogens with zero attached hydrogens (tertiary/aromatic N) is 2. The Bertz CT molecular complexity index is 412. The zero-order chi connectivity index (χ0) is 12.3. The lowest BCUT2D eigenvalue weighted by Gasteiger charge is -2.28. The molecule has 16 heavy (non-hydrogen) atoms. The number of nitriles is 1. The number of hydrogen-bond donors (Lipinski definition) is 2. The molecule has 0 aliphatic heterocycles. The van der Waals surface area contributed by atoms with E-state index < -0.39 is 0 Å². The van der Waals surface area contributed by atoms with Crippen molar-refractivity contribution in [2.75, 3.05) is 11.1 Å². The molecule has 0 aliphatic rings. The van der Waals surface area contributed by atoms with Crippen LogP contribution in [0.2, 0.25) is 0 Å². The largest absolute Gasteiger partial charge is 0.396 e. The predicted molar refractivity (Wildman–Crippen MR) is 65.9 cm³/mol. The molecule has 4 nitrogen and oxygen atoms in total. The number of nitrogen functional groups attached to an aromatic ring is 1. The first-order chi connectivity index (χ1) is 7.34. The molecular weight excluding hydrogens is 200 g/mol.